The Kier molecular flexibility index (Phi) is 7.64. The predicted molar refractivity (Wildman–Crippen MR) is 118 cm³/mol. The normalized spacial score (nSPS) is 11.2. The van der Waals surface area contributed by atoms with Crippen LogP contribution < -0.4 is 10.6 Å². The van der Waals surface area contributed by atoms with Crippen LogP contribution >= 0.6 is 35.3 Å². The predicted octanol–water partition coefficient (Wildman–Crippen LogP) is 4.13. The molecule has 1 aromatic heterocycles. The van der Waals surface area contributed by atoms with Crippen LogP contribution in [-0.4, -0.2) is 24.5 Å². The van der Waals surface area contributed by atoms with Gasteiger partial charge in [0.2, 0.25) is 0 Å². The Morgan fingerprint density at radius 1 is 1.12 bits per heavy atom. The number of aromatic nitrogens is 1. The second-order valence-electron chi connectivity index (χ2n) is 5.61. The molecule has 0 aliphatic rings. The molecule has 25 heavy (non-hydrogen) atoms. The number of nitrogens with one attached hydrogen (secondary N) is 2. The van der Waals surface area contributed by atoms with Gasteiger partial charge in [-0.3, -0.25) is 4.99 Å². The first-order chi connectivity index (χ1) is 11.8. The number of hydrogen-bond donors (Lipinski definition) is 2. The lowest BCUT2D eigenvalue weighted by Crippen LogP contribution is -2.37. The summed E-state index contributed by atoms with van der Waals surface area (Å²) in [6, 6.07) is 14.8. The molecule has 0 fully saturated rings. The maximum absolute atomic E-state index is 4.38. The highest BCUT2D eigenvalue weighted by atomic mass is 127. The third-order valence-electron chi connectivity index (χ3n) is 3.85. The molecule has 4 nitrogen and oxygen atoms in total. The lowest BCUT2D eigenvalue weighted by atomic mass is 10.0. The topological polar surface area (TPSA) is 49.3 Å². The largest absolute Gasteiger partial charge is 0.356 e. The van der Waals surface area contributed by atoms with Crippen LogP contribution in [0.15, 0.2) is 53.7 Å². The van der Waals surface area contributed by atoms with Gasteiger partial charge in [0, 0.05) is 37.6 Å². The van der Waals surface area contributed by atoms with Gasteiger partial charge in [-0.15, -0.1) is 35.3 Å². The summed E-state index contributed by atoms with van der Waals surface area (Å²) in [4.78, 5) is 9.93. The molecule has 1 heterocycles. The quantitative estimate of drug-likeness (QED) is 0.338. The number of halogens is 1. The molecular weight excluding hydrogens is 443 g/mol. The molecule has 6 heteroatoms. The summed E-state index contributed by atoms with van der Waals surface area (Å²) in [5.74, 6) is 0.816. The molecule has 2 N–H and O–H groups in total. The van der Waals surface area contributed by atoms with E-state index in [0.29, 0.717) is 0 Å². The highest BCUT2D eigenvalue weighted by Gasteiger charge is 2.03. The zero-order valence-electron chi connectivity index (χ0n) is 14.5. The summed E-state index contributed by atoms with van der Waals surface area (Å²) in [5, 5.41) is 10.4. The first-order valence-corrected chi connectivity index (χ1v) is 8.90. The summed E-state index contributed by atoms with van der Waals surface area (Å²) in [5.41, 5.74) is 1.27. The second kappa shape index (κ2) is 9.72. The molecule has 0 bridgehead atoms. The molecule has 0 amide bonds. The van der Waals surface area contributed by atoms with Crippen molar-refractivity contribution in [3.8, 4) is 0 Å². The summed E-state index contributed by atoms with van der Waals surface area (Å²) in [7, 11) is 1.80. The molecule has 0 spiro atoms. The van der Waals surface area contributed by atoms with Gasteiger partial charge in [0.1, 0.15) is 0 Å². The van der Waals surface area contributed by atoms with Crippen molar-refractivity contribution in [1.82, 2.24) is 15.6 Å². The van der Waals surface area contributed by atoms with Gasteiger partial charge in [-0.05, 0) is 23.3 Å². The number of benzene rings is 2. The van der Waals surface area contributed by atoms with Gasteiger partial charge in [-0.2, -0.15) is 0 Å². The fraction of sp³-hybridized carbons (Fsp3) is 0.263. The molecule has 0 saturated heterocycles. The van der Waals surface area contributed by atoms with Crippen molar-refractivity contribution in [3.05, 3.63) is 64.1 Å². The molecule has 0 saturated carbocycles. The molecule has 0 aliphatic heterocycles. The highest BCUT2D eigenvalue weighted by Crippen LogP contribution is 2.18. The fourth-order valence-corrected chi connectivity index (χ4v) is 3.44. The van der Waals surface area contributed by atoms with E-state index >= 15 is 0 Å². The van der Waals surface area contributed by atoms with E-state index in [1.54, 1.807) is 18.4 Å². The van der Waals surface area contributed by atoms with Crippen molar-refractivity contribution >= 4 is 52.0 Å². The van der Waals surface area contributed by atoms with Gasteiger partial charge in [0.05, 0.1) is 5.01 Å². The van der Waals surface area contributed by atoms with Crippen molar-refractivity contribution in [2.75, 3.05) is 13.6 Å². The minimum Gasteiger partial charge on any atom is -0.356 e. The van der Waals surface area contributed by atoms with Crippen LogP contribution in [0.1, 0.15) is 15.4 Å². The number of hydrogen-bond acceptors (Lipinski definition) is 3. The Labute approximate surface area is 169 Å². The van der Waals surface area contributed by atoms with Crippen molar-refractivity contribution in [2.24, 2.45) is 4.99 Å². The van der Waals surface area contributed by atoms with Gasteiger partial charge in [0.25, 0.3) is 0 Å². The summed E-state index contributed by atoms with van der Waals surface area (Å²) < 4.78 is 0. The molecule has 2 aromatic carbocycles. The summed E-state index contributed by atoms with van der Waals surface area (Å²) >= 11 is 1.75. The average molecular weight is 466 g/mol. The van der Waals surface area contributed by atoms with Crippen LogP contribution in [0.25, 0.3) is 10.8 Å². The van der Waals surface area contributed by atoms with Crippen LogP contribution in [0.5, 0.6) is 0 Å². The molecule has 0 radical (unpaired) electrons. The van der Waals surface area contributed by atoms with Crippen LogP contribution in [0.2, 0.25) is 0 Å². The summed E-state index contributed by atoms with van der Waals surface area (Å²) in [6.07, 6.45) is 2.83. The Balaban J connectivity index is 0.00000225. The van der Waals surface area contributed by atoms with Crippen molar-refractivity contribution in [2.45, 2.75) is 19.9 Å². The van der Waals surface area contributed by atoms with Gasteiger partial charge in [0.15, 0.2) is 5.96 Å². The van der Waals surface area contributed by atoms with Gasteiger partial charge in [-0.1, -0.05) is 42.5 Å². The third-order valence-corrected chi connectivity index (χ3v) is 4.82. The Hall–Kier alpha value is -1.67. The molecule has 0 aliphatic carbocycles. The van der Waals surface area contributed by atoms with E-state index in [-0.39, 0.29) is 24.0 Å². The van der Waals surface area contributed by atoms with E-state index < -0.39 is 0 Å². The maximum atomic E-state index is 4.38. The third kappa shape index (κ3) is 5.40. The molecule has 132 valence electrons. The molecule has 3 rings (SSSR count). The van der Waals surface area contributed by atoms with Crippen LogP contribution in [0.3, 0.4) is 0 Å². The lowest BCUT2D eigenvalue weighted by Gasteiger charge is -2.13. The lowest BCUT2D eigenvalue weighted by molar-refractivity contribution is 0.794. The average Bonchev–Trinajstić information content (AvgIpc) is 3.03. The number of fused-ring (bicyclic) bond motifs is 1. The minimum absolute atomic E-state index is 0. The van der Waals surface area contributed by atoms with Crippen molar-refractivity contribution in [1.29, 1.82) is 0 Å². The maximum Gasteiger partial charge on any atom is 0.191 e. The zero-order chi connectivity index (χ0) is 16.8. The van der Waals surface area contributed by atoms with Gasteiger partial charge >= 0.3 is 0 Å². The minimum atomic E-state index is 0. The smallest absolute Gasteiger partial charge is 0.191 e. The van der Waals surface area contributed by atoms with Crippen LogP contribution in [0, 0.1) is 6.92 Å². The van der Waals surface area contributed by atoms with E-state index in [2.05, 4.69) is 70.0 Å². The Morgan fingerprint density at radius 2 is 1.92 bits per heavy atom. The standard InChI is InChI=1S/C19H22N4S.HI/c1-14-12-22-18(24-14)10-11-21-19(20-2)23-13-16-8-5-7-15-6-3-4-9-17(15)16;/h3-9,12H,10-11,13H2,1-2H3,(H2,20,21,23);1H. The number of thiazole rings is 1. The number of rotatable bonds is 5. The Bertz CT molecular complexity index is 839. The number of guanidine groups is 1. The monoisotopic (exact) mass is 466 g/mol. The second-order valence-corrected chi connectivity index (χ2v) is 6.92. The van der Waals surface area contributed by atoms with E-state index in [9.17, 15) is 0 Å². The summed E-state index contributed by atoms with van der Waals surface area (Å²) in [6.45, 7) is 3.65. The van der Waals surface area contributed by atoms with E-state index in [1.807, 2.05) is 6.20 Å². The molecule has 0 unspecified atom stereocenters. The molecule has 0 atom stereocenters. The van der Waals surface area contributed by atoms with Crippen LogP contribution in [0.4, 0.5) is 0 Å². The highest BCUT2D eigenvalue weighted by molar-refractivity contribution is 14.0. The van der Waals surface area contributed by atoms with E-state index in [1.165, 1.54) is 21.2 Å². The number of aryl methyl sites for hydroxylation is 1. The zero-order valence-corrected chi connectivity index (χ0v) is 17.6. The van der Waals surface area contributed by atoms with Gasteiger partial charge in [-0.25, -0.2) is 4.98 Å². The first kappa shape index (κ1) is 19.7. The Morgan fingerprint density at radius 3 is 2.68 bits per heavy atom. The SMILES string of the molecule is CN=C(NCCc1ncc(C)s1)NCc1cccc2ccccc12.I. The molecule has 3 aromatic rings. The van der Waals surface area contributed by atoms with E-state index in [0.717, 1.165) is 30.5 Å². The van der Waals surface area contributed by atoms with Crippen molar-refractivity contribution < 1.29 is 0 Å². The van der Waals surface area contributed by atoms with Crippen LogP contribution in [-0.2, 0) is 13.0 Å². The molecular formula is C19H23IN4S. The van der Waals surface area contributed by atoms with E-state index in [4.69, 9.17) is 0 Å². The number of aliphatic imine (C=N–C) groups is 1. The first-order valence-electron chi connectivity index (χ1n) is 8.09. The van der Waals surface area contributed by atoms with Crippen molar-refractivity contribution in [3.63, 3.8) is 0 Å². The fourth-order valence-electron chi connectivity index (χ4n) is 2.65. The number of nitrogens with zero attached hydrogens (tertiary/aromatic N) is 2. The van der Waals surface area contributed by atoms with Gasteiger partial charge < -0.3 is 10.6 Å².